The van der Waals surface area contributed by atoms with E-state index in [0.29, 0.717) is 6.04 Å². The molecule has 0 spiro atoms. The summed E-state index contributed by atoms with van der Waals surface area (Å²) in [7, 11) is 0. The smallest absolute Gasteiger partial charge is 0.322 e. The van der Waals surface area contributed by atoms with Crippen molar-refractivity contribution in [2.45, 2.75) is 31.7 Å². The highest BCUT2D eigenvalue weighted by atomic mass is 16.2. The number of hydrogen-bond donors (Lipinski definition) is 0. The van der Waals surface area contributed by atoms with Crippen LogP contribution in [0.1, 0.15) is 25.7 Å². The quantitative estimate of drug-likeness (QED) is 0.754. The predicted octanol–water partition coefficient (Wildman–Crippen LogP) is 1.41. The topological polar surface area (TPSA) is 41.4 Å². The lowest BCUT2D eigenvalue weighted by Crippen LogP contribution is -2.42. The Bertz CT molecular complexity index is 397. The lowest BCUT2D eigenvalue weighted by atomic mass is 10.1. The highest BCUT2D eigenvalue weighted by Gasteiger charge is 2.31. The van der Waals surface area contributed by atoms with Crippen LogP contribution in [0.15, 0.2) is 18.7 Å². The van der Waals surface area contributed by atoms with Crippen LogP contribution in [0, 0.1) is 0 Å². The van der Waals surface area contributed by atoms with E-state index in [9.17, 15) is 4.79 Å². The molecule has 2 fully saturated rings. The van der Waals surface area contributed by atoms with Crippen LogP contribution in [0.4, 0.5) is 4.79 Å². The Hall–Kier alpha value is -1.36. The van der Waals surface area contributed by atoms with Crippen molar-refractivity contribution in [3.63, 3.8) is 0 Å². The van der Waals surface area contributed by atoms with Crippen molar-refractivity contribution in [3.05, 3.63) is 18.7 Å². The molecule has 2 aliphatic rings. The van der Waals surface area contributed by atoms with Crippen LogP contribution < -0.4 is 0 Å². The Labute approximate surface area is 107 Å². The lowest BCUT2D eigenvalue weighted by molar-refractivity contribution is 0.161. The average molecular weight is 248 g/mol. The van der Waals surface area contributed by atoms with E-state index in [-0.39, 0.29) is 6.03 Å². The van der Waals surface area contributed by atoms with Crippen molar-refractivity contribution in [1.29, 1.82) is 0 Å². The SMILES string of the molecule is O=C(N1CCC(N2CCCCC2)C1)n1ccnc1. The molecule has 5 nitrogen and oxygen atoms in total. The van der Waals surface area contributed by atoms with E-state index >= 15 is 0 Å². The van der Waals surface area contributed by atoms with E-state index in [4.69, 9.17) is 0 Å². The zero-order valence-corrected chi connectivity index (χ0v) is 10.7. The first kappa shape index (κ1) is 11.7. The molecule has 0 radical (unpaired) electrons. The highest BCUT2D eigenvalue weighted by molar-refractivity contribution is 5.76. The summed E-state index contributed by atoms with van der Waals surface area (Å²) in [5.41, 5.74) is 0. The van der Waals surface area contributed by atoms with Crippen molar-refractivity contribution in [3.8, 4) is 0 Å². The van der Waals surface area contributed by atoms with Gasteiger partial charge in [-0.3, -0.25) is 9.47 Å². The molecule has 1 amide bonds. The molecule has 0 N–H and O–H groups in total. The van der Waals surface area contributed by atoms with E-state index in [1.165, 1.54) is 32.4 Å². The average Bonchev–Trinajstić information content (AvgIpc) is 3.10. The van der Waals surface area contributed by atoms with Crippen molar-refractivity contribution in [2.24, 2.45) is 0 Å². The number of carbonyl (C=O) groups excluding carboxylic acids is 1. The summed E-state index contributed by atoms with van der Waals surface area (Å²) < 4.78 is 1.57. The summed E-state index contributed by atoms with van der Waals surface area (Å²) in [5.74, 6) is 0. The van der Waals surface area contributed by atoms with Gasteiger partial charge in [0.25, 0.3) is 0 Å². The van der Waals surface area contributed by atoms with E-state index in [1.54, 1.807) is 23.3 Å². The van der Waals surface area contributed by atoms with E-state index in [0.717, 1.165) is 19.5 Å². The molecule has 98 valence electrons. The first-order valence-corrected chi connectivity index (χ1v) is 6.86. The summed E-state index contributed by atoms with van der Waals surface area (Å²) in [6.07, 6.45) is 10.0. The molecular formula is C13H20N4O. The zero-order valence-electron chi connectivity index (χ0n) is 10.7. The van der Waals surface area contributed by atoms with Gasteiger partial charge in [0.15, 0.2) is 0 Å². The molecule has 3 heterocycles. The molecule has 3 rings (SSSR count). The summed E-state index contributed by atoms with van der Waals surface area (Å²) >= 11 is 0. The van der Waals surface area contributed by atoms with E-state index < -0.39 is 0 Å². The fourth-order valence-electron chi connectivity index (χ4n) is 3.03. The van der Waals surface area contributed by atoms with Crippen molar-refractivity contribution < 1.29 is 4.79 Å². The van der Waals surface area contributed by atoms with Crippen LogP contribution in [-0.2, 0) is 0 Å². The minimum absolute atomic E-state index is 0.0620. The highest BCUT2D eigenvalue weighted by Crippen LogP contribution is 2.20. The van der Waals surface area contributed by atoms with Gasteiger partial charge in [0.05, 0.1) is 0 Å². The van der Waals surface area contributed by atoms with E-state index in [1.807, 2.05) is 4.90 Å². The number of hydrogen-bond acceptors (Lipinski definition) is 3. The number of imidazole rings is 1. The van der Waals surface area contributed by atoms with Crippen molar-refractivity contribution in [2.75, 3.05) is 26.2 Å². The van der Waals surface area contributed by atoms with Gasteiger partial charge in [0, 0.05) is 31.5 Å². The molecule has 1 aromatic heterocycles. The van der Waals surface area contributed by atoms with Gasteiger partial charge in [-0.05, 0) is 32.4 Å². The fraction of sp³-hybridized carbons (Fsp3) is 0.692. The van der Waals surface area contributed by atoms with Crippen LogP contribution in [0.5, 0.6) is 0 Å². The Balaban J connectivity index is 1.59. The second-order valence-electron chi connectivity index (χ2n) is 5.24. The molecule has 2 aliphatic heterocycles. The van der Waals surface area contributed by atoms with Crippen molar-refractivity contribution >= 4 is 6.03 Å². The van der Waals surface area contributed by atoms with Crippen LogP contribution >= 0.6 is 0 Å². The van der Waals surface area contributed by atoms with Gasteiger partial charge in [-0.25, -0.2) is 9.78 Å². The minimum atomic E-state index is 0.0620. The second kappa shape index (κ2) is 5.10. The summed E-state index contributed by atoms with van der Waals surface area (Å²) in [5, 5.41) is 0. The monoisotopic (exact) mass is 248 g/mol. The van der Waals surface area contributed by atoms with Gasteiger partial charge in [-0.15, -0.1) is 0 Å². The Morgan fingerprint density at radius 1 is 1.17 bits per heavy atom. The van der Waals surface area contributed by atoms with Crippen LogP contribution in [0.2, 0.25) is 0 Å². The van der Waals surface area contributed by atoms with Gasteiger partial charge in [0.1, 0.15) is 6.33 Å². The first-order valence-electron chi connectivity index (χ1n) is 6.86. The van der Waals surface area contributed by atoms with Gasteiger partial charge < -0.3 is 4.90 Å². The van der Waals surface area contributed by atoms with Gasteiger partial charge in [0.2, 0.25) is 0 Å². The Morgan fingerprint density at radius 2 is 2.00 bits per heavy atom. The number of aromatic nitrogens is 2. The third-order valence-corrected chi connectivity index (χ3v) is 4.07. The zero-order chi connectivity index (χ0) is 12.4. The number of piperidine rings is 1. The predicted molar refractivity (Wildman–Crippen MR) is 68.4 cm³/mol. The maximum absolute atomic E-state index is 12.2. The summed E-state index contributed by atoms with van der Waals surface area (Å²) in [6.45, 7) is 4.16. The molecule has 0 aliphatic carbocycles. The van der Waals surface area contributed by atoms with E-state index in [2.05, 4.69) is 9.88 Å². The van der Waals surface area contributed by atoms with Crippen LogP contribution in [-0.4, -0.2) is 57.6 Å². The number of rotatable bonds is 1. The lowest BCUT2D eigenvalue weighted by Gasteiger charge is -2.32. The van der Waals surface area contributed by atoms with Gasteiger partial charge in [-0.2, -0.15) is 0 Å². The Kier molecular flexibility index (Phi) is 3.32. The largest absolute Gasteiger partial charge is 0.329 e. The molecular weight excluding hydrogens is 228 g/mol. The summed E-state index contributed by atoms with van der Waals surface area (Å²) in [4.78, 5) is 20.6. The number of carbonyl (C=O) groups is 1. The first-order chi connectivity index (χ1) is 8.84. The standard InChI is InChI=1S/C13H20N4O/c18-13(17-9-5-14-11-17)16-8-4-12(10-16)15-6-2-1-3-7-15/h5,9,11-12H,1-4,6-8,10H2. The third kappa shape index (κ3) is 2.27. The molecule has 1 aromatic rings. The molecule has 1 atom stereocenters. The second-order valence-corrected chi connectivity index (χ2v) is 5.24. The Morgan fingerprint density at radius 3 is 2.72 bits per heavy atom. The van der Waals surface area contributed by atoms with Gasteiger partial charge >= 0.3 is 6.03 Å². The molecule has 0 aromatic carbocycles. The van der Waals surface area contributed by atoms with Crippen LogP contribution in [0.25, 0.3) is 0 Å². The number of amides is 1. The maximum Gasteiger partial charge on any atom is 0.329 e. The number of nitrogens with zero attached hydrogens (tertiary/aromatic N) is 4. The van der Waals surface area contributed by atoms with Crippen molar-refractivity contribution in [1.82, 2.24) is 19.4 Å². The molecule has 1 unspecified atom stereocenters. The van der Waals surface area contributed by atoms with Gasteiger partial charge in [-0.1, -0.05) is 6.42 Å². The fourth-order valence-corrected chi connectivity index (χ4v) is 3.03. The third-order valence-electron chi connectivity index (χ3n) is 4.07. The molecule has 5 heteroatoms. The molecule has 0 saturated carbocycles. The normalized spacial score (nSPS) is 25.6. The minimum Gasteiger partial charge on any atom is -0.322 e. The maximum atomic E-state index is 12.2. The summed E-state index contributed by atoms with van der Waals surface area (Å²) in [6, 6.07) is 0.629. The number of likely N-dealkylation sites (tertiary alicyclic amines) is 2. The molecule has 18 heavy (non-hydrogen) atoms. The van der Waals surface area contributed by atoms with Crippen LogP contribution in [0.3, 0.4) is 0 Å². The molecule has 2 saturated heterocycles. The molecule has 0 bridgehead atoms.